The van der Waals surface area contributed by atoms with Gasteiger partial charge in [0.1, 0.15) is 5.69 Å². The number of benzene rings is 1. The van der Waals surface area contributed by atoms with Crippen LogP contribution in [0.3, 0.4) is 0 Å². The molecular weight excluding hydrogens is 236 g/mol. The maximum atomic E-state index is 11.4. The van der Waals surface area contributed by atoms with E-state index in [2.05, 4.69) is 10.4 Å². The maximum absolute atomic E-state index is 11.4. The molecular formula is C11H10N4O3. The van der Waals surface area contributed by atoms with Crippen LogP contribution in [0, 0.1) is 10.1 Å². The Balaban J connectivity index is 2.55. The second kappa shape index (κ2) is 4.66. The zero-order valence-electron chi connectivity index (χ0n) is 9.53. The first-order valence-electron chi connectivity index (χ1n) is 5.14. The number of nitrogens with zero attached hydrogens (tertiary/aromatic N) is 3. The molecule has 0 aliphatic heterocycles. The highest BCUT2D eigenvalue weighted by atomic mass is 16.6. The van der Waals surface area contributed by atoms with Gasteiger partial charge in [0.25, 0.3) is 11.6 Å². The van der Waals surface area contributed by atoms with Crippen LogP contribution in [0.25, 0.3) is 5.69 Å². The second-order valence-electron chi connectivity index (χ2n) is 3.49. The fourth-order valence-electron chi connectivity index (χ4n) is 1.56. The van der Waals surface area contributed by atoms with Crippen molar-refractivity contribution in [1.82, 2.24) is 15.1 Å². The highest BCUT2D eigenvalue weighted by Gasteiger charge is 2.18. The standard InChI is InChI=1S/C11H10N4O3/c1-12-11(16)8-3-4-9(10(7-8)15(17)18)14-6-2-5-13-14/h2-7H,1H3,(H,12,16). The number of hydrogen-bond donors (Lipinski definition) is 1. The van der Waals surface area contributed by atoms with Gasteiger partial charge in [0.15, 0.2) is 0 Å². The molecule has 1 heterocycles. The van der Waals surface area contributed by atoms with E-state index < -0.39 is 4.92 Å². The molecule has 7 nitrogen and oxygen atoms in total. The maximum Gasteiger partial charge on any atom is 0.295 e. The number of carbonyl (C=O) groups is 1. The molecule has 18 heavy (non-hydrogen) atoms. The van der Waals surface area contributed by atoms with Gasteiger partial charge < -0.3 is 5.32 Å². The van der Waals surface area contributed by atoms with E-state index >= 15 is 0 Å². The lowest BCUT2D eigenvalue weighted by Gasteiger charge is -2.05. The number of amides is 1. The van der Waals surface area contributed by atoms with E-state index in [1.807, 2.05) is 0 Å². The molecule has 2 aromatic rings. The fourth-order valence-corrected chi connectivity index (χ4v) is 1.56. The molecule has 1 aromatic heterocycles. The molecule has 0 radical (unpaired) electrons. The smallest absolute Gasteiger partial charge is 0.295 e. The van der Waals surface area contributed by atoms with Crippen LogP contribution in [0.5, 0.6) is 0 Å². The van der Waals surface area contributed by atoms with E-state index in [9.17, 15) is 14.9 Å². The highest BCUT2D eigenvalue weighted by molar-refractivity contribution is 5.95. The van der Waals surface area contributed by atoms with Gasteiger partial charge in [0.05, 0.1) is 4.92 Å². The number of hydrogen-bond acceptors (Lipinski definition) is 4. The molecule has 0 saturated carbocycles. The Labute approximate surface area is 102 Å². The summed E-state index contributed by atoms with van der Waals surface area (Å²) in [5.74, 6) is -0.370. The first-order valence-corrected chi connectivity index (χ1v) is 5.14. The molecule has 0 spiro atoms. The van der Waals surface area contributed by atoms with Gasteiger partial charge in [-0.15, -0.1) is 0 Å². The monoisotopic (exact) mass is 246 g/mol. The number of rotatable bonds is 3. The largest absolute Gasteiger partial charge is 0.355 e. The van der Waals surface area contributed by atoms with Crippen molar-refractivity contribution in [2.24, 2.45) is 0 Å². The zero-order chi connectivity index (χ0) is 13.1. The van der Waals surface area contributed by atoms with E-state index in [0.717, 1.165) is 0 Å². The third-order valence-electron chi connectivity index (χ3n) is 2.41. The molecule has 0 atom stereocenters. The van der Waals surface area contributed by atoms with Crippen LogP contribution in [0.1, 0.15) is 10.4 Å². The van der Waals surface area contributed by atoms with Crippen molar-refractivity contribution in [2.45, 2.75) is 0 Å². The molecule has 1 aromatic carbocycles. The van der Waals surface area contributed by atoms with Crippen LogP contribution in [0.15, 0.2) is 36.7 Å². The summed E-state index contributed by atoms with van der Waals surface area (Å²) in [5.41, 5.74) is 0.387. The van der Waals surface area contributed by atoms with Gasteiger partial charge in [0, 0.05) is 31.1 Å². The predicted octanol–water partition coefficient (Wildman–Crippen LogP) is 1.14. The Hall–Kier alpha value is -2.70. The van der Waals surface area contributed by atoms with Crippen LogP contribution in [-0.2, 0) is 0 Å². The fraction of sp³-hybridized carbons (Fsp3) is 0.0909. The van der Waals surface area contributed by atoms with Crippen molar-refractivity contribution in [3.63, 3.8) is 0 Å². The molecule has 0 fully saturated rings. The molecule has 1 amide bonds. The molecule has 0 bridgehead atoms. The summed E-state index contributed by atoms with van der Waals surface area (Å²) >= 11 is 0. The van der Waals surface area contributed by atoms with Crippen molar-refractivity contribution in [3.05, 3.63) is 52.3 Å². The molecule has 1 N–H and O–H groups in total. The summed E-state index contributed by atoms with van der Waals surface area (Å²) < 4.78 is 1.38. The molecule has 92 valence electrons. The normalized spacial score (nSPS) is 10.1. The van der Waals surface area contributed by atoms with Crippen molar-refractivity contribution in [2.75, 3.05) is 7.05 Å². The average Bonchev–Trinajstić information content (AvgIpc) is 2.90. The van der Waals surface area contributed by atoms with Crippen LogP contribution in [-0.4, -0.2) is 27.7 Å². The second-order valence-corrected chi connectivity index (χ2v) is 3.49. The number of nitro groups is 1. The average molecular weight is 246 g/mol. The number of nitrogens with one attached hydrogen (secondary N) is 1. The van der Waals surface area contributed by atoms with Gasteiger partial charge in [0.2, 0.25) is 0 Å². The third kappa shape index (κ3) is 2.05. The molecule has 0 aliphatic carbocycles. The topological polar surface area (TPSA) is 90.1 Å². The molecule has 0 aliphatic rings. The minimum atomic E-state index is -0.538. The van der Waals surface area contributed by atoms with E-state index in [1.54, 1.807) is 12.3 Å². The first-order chi connectivity index (χ1) is 8.63. The first kappa shape index (κ1) is 11.8. The lowest BCUT2D eigenvalue weighted by Crippen LogP contribution is -2.18. The number of aromatic nitrogens is 2. The van der Waals surface area contributed by atoms with Crippen LogP contribution >= 0.6 is 0 Å². The lowest BCUT2D eigenvalue weighted by atomic mass is 10.1. The Morgan fingerprint density at radius 3 is 2.83 bits per heavy atom. The van der Waals surface area contributed by atoms with Crippen molar-refractivity contribution in [1.29, 1.82) is 0 Å². The Morgan fingerprint density at radius 2 is 2.28 bits per heavy atom. The summed E-state index contributed by atoms with van der Waals surface area (Å²) in [6.07, 6.45) is 3.12. The van der Waals surface area contributed by atoms with Gasteiger partial charge >= 0.3 is 0 Å². The number of carbonyl (C=O) groups excluding carboxylic acids is 1. The summed E-state index contributed by atoms with van der Waals surface area (Å²) in [4.78, 5) is 21.9. The molecule has 7 heteroatoms. The van der Waals surface area contributed by atoms with Crippen molar-refractivity contribution in [3.8, 4) is 5.69 Å². The summed E-state index contributed by atoms with van der Waals surface area (Å²) in [7, 11) is 1.47. The SMILES string of the molecule is CNC(=O)c1ccc(-n2cccn2)c([N+](=O)[O-])c1. The molecule has 0 saturated heterocycles. The quantitative estimate of drug-likeness (QED) is 0.649. The Kier molecular flexibility index (Phi) is 3.05. The van der Waals surface area contributed by atoms with Gasteiger partial charge in [-0.05, 0) is 18.2 Å². The minimum Gasteiger partial charge on any atom is -0.355 e. The van der Waals surface area contributed by atoms with E-state index in [1.165, 1.54) is 36.1 Å². The Bertz CT molecular complexity index is 592. The minimum absolute atomic E-state index is 0.167. The zero-order valence-corrected chi connectivity index (χ0v) is 9.53. The van der Waals surface area contributed by atoms with Gasteiger partial charge in [-0.3, -0.25) is 14.9 Å². The van der Waals surface area contributed by atoms with Gasteiger partial charge in [-0.1, -0.05) is 0 Å². The van der Waals surface area contributed by atoms with Crippen molar-refractivity contribution >= 4 is 11.6 Å². The van der Waals surface area contributed by atoms with E-state index in [4.69, 9.17) is 0 Å². The van der Waals surface area contributed by atoms with Crippen molar-refractivity contribution < 1.29 is 9.72 Å². The summed E-state index contributed by atoms with van der Waals surface area (Å²) in [6, 6.07) is 5.91. The third-order valence-corrected chi connectivity index (χ3v) is 2.41. The van der Waals surface area contributed by atoms with E-state index in [-0.39, 0.29) is 17.2 Å². The van der Waals surface area contributed by atoms with Gasteiger partial charge in [-0.2, -0.15) is 5.10 Å². The molecule has 2 rings (SSSR count). The predicted molar refractivity (Wildman–Crippen MR) is 63.6 cm³/mol. The lowest BCUT2D eigenvalue weighted by molar-refractivity contribution is -0.384. The Morgan fingerprint density at radius 1 is 1.50 bits per heavy atom. The summed E-state index contributed by atoms with van der Waals surface area (Å²) in [6.45, 7) is 0. The number of nitro benzene ring substituents is 1. The van der Waals surface area contributed by atoms with Crippen LogP contribution in [0.4, 0.5) is 5.69 Å². The van der Waals surface area contributed by atoms with Gasteiger partial charge in [-0.25, -0.2) is 4.68 Å². The van der Waals surface area contributed by atoms with E-state index in [0.29, 0.717) is 5.69 Å². The molecule has 0 unspecified atom stereocenters. The van der Waals surface area contributed by atoms with Crippen LogP contribution in [0.2, 0.25) is 0 Å². The summed E-state index contributed by atoms with van der Waals surface area (Å²) in [5, 5.41) is 17.4. The highest BCUT2D eigenvalue weighted by Crippen LogP contribution is 2.23. The van der Waals surface area contributed by atoms with Crippen LogP contribution < -0.4 is 5.32 Å².